The maximum absolute atomic E-state index is 5.01. The van der Waals surface area contributed by atoms with Gasteiger partial charge in [0.2, 0.25) is 0 Å². The van der Waals surface area contributed by atoms with Crippen LogP contribution in [0.3, 0.4) is 0 Å². The van der Waals surface area contributed by atoms with Crippen molar-refractivity contribution >= 4 is 21.6 Å². The molecule has 1 aromatic carbocycles. The van der Waals surface area contributed by atoms with E-state index in [9.17, 15) is 0 Å². The van der Waals surface area contributed by atoms with Crippen LogP contribution in [0.2, 0.25) is 0 Å². The van der Waals surface area contributed by atoms with E-state index >= 15 is 0 Å². The average molecular weight is 183 g/mol. The Labute approximate surface area is 62.3 Å². The molecule has 1 nitrogen and oxygen atoms in total. The van der Waals surface area contributed by atoms with Crippen LogP contribution in [0.4, 0.5) is 5.69 Å². The minimum Gasteiger partial charge on any atom is -0.0508 e. The van der Waals surface area contributed by atoms with Gasteiger partial charge in [0.1, 0.15) is 0 Å². The van der Waals surface area contributed by atoms with E-state index in [0.717, 1.165) is 10.2 Å². The van der Waals surface area contributed by atoms with Gasteiger partial charge in [0.05, 0.1) is 0 Å². The molecule has 2 heteroatoms. The zero-order valence-corrected chi connectivity index (χ0v) is 6.30. The van der Waals surface area contributed by atoms with Crippen molar-refractivity contribution in [3.05, 3.63) is 33.6 Å². The van der Waals surface area contributed by atoms with Crippen molar-refractivity contribution in [2.45, 2.75) is 0 Å². The Hall–Kier alpha value is -0.810. The number of halogens is 1. The smallest absolute Gasteiger partial charge is 0.0508 e. The quantitative estimate of drug-likeness (QED) is 0.582. The lowest BCUT2D eigenvalue weighted by Crippen LogP contribution is -1.60. The molecule has 0 unspecified atom stereocenters. The first kappa shape index (κ1) is 6.31. The summed E-state index contributed by atoms with van der Waals surface area (Å²) in [5.41, 5.74) is 0.790. The first-order valence-electron chi connectivity index (χ1n) is 2.49. The van der Waals surface area contributed by atoms with Crippen molar-refractivity contribution < 1.29 is 0 Å². The van der Waals surface area contributed by atoms with Crippen LogP contribution in [0, 0.1) is 6.57 Å². The molecule has 1 rings (SSSR count). The average Bonchev–Trinajstić information content (AvgIpc) is 1.90. The molecule has 1 aromatic rings. The second kappa shape index (κ2) is 2.65. The van der Waals surface area contributed by atoms with Gasteiger partial charge in [-0.05, 0) is 17.0 Å². The molecule has 0 saturated heterocycles. The van der Waals surface area contributed by atoms with Gasteiger partial charge in [-0.15, -0.1) is 0 Å². The van der Waals surface area contributed by atoms with Crippen molar-refractivity contribution in [2.75, 3.05) is 0 Å². The molecule has 0 atom stereocenters. The van der Waals surface area contributed by atoms with E-state index in [1.54, 1.807) is 0 Å². The van der Waals surface area contributed by atoms with Gasteiger partial charge in [-0.3, -0.25) is 0 Å². The Morgan fingerprint density at radius 1 is 1.22 bits per heavy atom. The fourth-order valence-corrected chi connectivity index (χ4v) is 0.791. The Morgan fingerprint density at radius 3 is 2.22 bits per heavy atom. The normalized spacial score (nSPS) is 8.44. The minimum atomic E-state index is 0.790. The molecule has 0 aliphatic heterocycles. The van der Waals surface area contributed by atoms with E-state index in [-0.39, 0.29) is 0 Å². The van der Waals surface area contributed by atoms with Gasteiger partial charge in [-0.2, -0.15) is 0 Å². The summed E-state index contributed by atoms with van der Waals surface area (Å²) in [6.45, 7) is 5.01. The monoisotopic (exact) mass is 182 g/mol. The van der Waals surface area contributed by atoms with Crippen LogP contribution in [-0.2, 0) is 0 Å². The molecule has 0 N–H and O–H groups in total. The Kier molecular flexibility index (Phi) is 1.86. The van der Waals surface area contributed by atoms with Crippen LogP contribution >= 0.6 is 15.9 Å². The number of hydrogen-bond acceptors (Lipinski definition) is 0. The number of benzene rings is 1. The van der Waals surface area contributed by atoms with Crippen LogP contribution in [0.25, 0.3) is 4.85 Å². The van der Waals surface area contributed by atoms with Crippen molar-refractivity contribution in [2.24, 2.45) is 0 Å². The first-order valence-corrected chi connectivity index (χ1v) is 3.29. The Bertz CT molecular complexity index is 232. The molecule has 0 heterocycles. The van der Waals surface area contributed by atoms with E-state index in [4.69, 9.17) is 6.57 Å². The largest absolute Gasteiger partial charge is 0.339 e. The molecule has 0 aliphatic rings. The molecule has 0 bridgehead atoms. The van der Waals surface area contributed by atoms with Crippen molar-refractivity contribution in [1.82, 2.24) is 0 Å². The number of nitrogens with zero attached hydrogens (tertiary/aromatic N) is 1. The predicted octanol–water partition coefficient (Wildman–Crippen LogP) is 3.04. The molecule has 0 amide bonds. The van der Waals surface area contributed by atoms with Gasteiger partial charge in [0.15, 0.2) is 0 Å². The third-order valence-corrected chi connectivity index (χ3v) is 1.50. The van der Waals surface area contributed by atoms with E-state index < -0.39 is 0 Å². The Morgan fingerprint density at radius 2 is 1.78 bits per heavy atom. The van der Waals surface area contributed by atoms with Gasteiger partial charge in [-0.1, -0.05) is 15.9 Å². The van der Waals surface area contributed by atoms with Gasteiger partial charge >= 0.3 is 5.69 Å². The molecular formula is C7H5BrN+. The minimum absolute atomic E-state index is 0.790. The van der Waals surface area contributed by atoms with E-state index in [0.29, 0.717) is 0 Å². The highest BCUT2D eigenvalue weighted by Gasteiger charge is 1.95. The zero-order valence-electron chi connectivity index (χ0n) is 4.71. The Balaban J connectivity index is 3.06. The maximum atomic E-state index is 5.01. The summed E-state index contributed by atoms with van der Waals surface area (Å²) in [5, 5.41) is 0. The summed E-state index contributed by atoms with van der Waals surface area (Å²) in [5.74, 6) is 0. The summed E-state index contributed by atoms with van der Waals surface area (Å²) in [6.07, 6.45) is 0. The van der Waals surface area contributed by atoms with Crippen LogP contribution in [0.5, 0.6) is 0 Å². The summed E-state index contributed by atoms with van der Waals surface area (Å²) < 4.78 is 1.04. The van der Waals surface area contributed by atoms with Crippen LogP contribution in [0.15, 0.2) is 28.7 Å². The fraction of sp³-hybridized carbons (Fsp3) is 0. The molecule has 0 saturated carbocycles. The lowest BCUT2D eigenvalue weighted by atomic mass is 10.3. The number of hydrogen-bond donors (Lipinski definition) is 0. The SMILES string of the molecule is C#[N+]c1ccc(Br)cc1. The van der Waals surface area contributed by atoms with Gasteiger partial charge in [0.25, 0.3) is 6.57 Å². The predicted molar refractivity (Wildman–Crippen MR) is 42.1 cm³/mol. The van der Waals surface area contributed by atoms with Crippen molar-refractivity contribution in [1.29, 1.82) is 0 Å². The summed E-state index contributed by atoms with van der Waals surface area (Å²) in [7, 11) is 0. The maximum Gasteiger partial charge on any atom is 0.339 e. The topological polar surface area (TPSA) is 4.36 Å². The molecule has 0 aliphatic carbocycles. The summed E-state index contributed by atoms with van der Waals surface area (Å²) in [4.78, 5) is 3.49. The van der Waals surface area contributed by atoms with Crippen molar-refractivity contribution in [3.8, 4) is 6.57 Å². The van der Waals surface area contributed by atoms with Crippen molar-refractivity contribution in [3.63, 3.8) is 0 Å². The van der Waals surface area contributed by atoms with Gasteiger partial charge < -0.3 is 0 Å². The van der Waals surface area contributed by atoms with E-state index in [1.165, 1.54) is 0 Å². The van der Waals surface area contributed by atoms with Gasteiger partial charge in [-0.25, -0.2) is 0 Å². The van der Waals surface area contributed by atoms with Crippen LogP contribution < -0.4 is 0 Å². The highest BCUT2D eigenvalue weighted by Crippen LogP contribution is 2.15. The van der Waals surface area contributed by atoms with Crippen LogP contribution in [0.1, 0.15) is 0 Å². The molecule has 44 valence electrons. The second-order valence-electron chi connectivity index (χ2n) is 1.61. The molecule has 0 spiro atoms. The van der Waals surface area contributed by atoms with E-state index in [1.807, 2.05) is 24.3 Å². The zero-order chi connectivity index (χ0) is 6.69. The lowest BCUT2D eigenvalue weighted by Gasteiger charge is -1.80. The first-order chi connectivity index (χ1) is 4.33. The molecule has 9 heavy (non-hydrogen) atoms. The highest BCUT2D eigenvalue weighted by atomic mass is 79.9. The fourth-order valence-electron chi connectivity index (χ4n) is 0.527. The second-order valence-corrected chi connectivity index (χ2v) is 2.52. The summed E-state index contributed by atoms with van der Waals surface area (Å²) in [6, 6.07) is 7.46. The molecule has 0 radical (unpaired) electrons. The lowest BCUT2D eigenvalue weighted by molar-refractivity contribution is 1.66. The van der Waals surface area contributed by atoms with Crippen LogP contribution in [-0.4, -0.2) is 0 Å². The van der Waals surface area contributed by atoms with Gasteiger partial charge in [0, 0.05) is 16.6 Å². The molecular weight excluding hydrogens is 178 g/mol. The third kappa shape index (κ3) is 1.55. The molecule has 0 aromatic heterocycles. The third-order valence-electron chi connectivity index (χ3n) is 0.976. The standard InChI is InChI=1S/C7H5BrN/c1-9-7-4-2-6(8)3-5-7/h1-5H/q+1. The van der Waals surface area contributed by atoms with E-state index in [2.05, 4.69) is 20.8 Å². The highest BCUT2D eigenvalue weighted by molar-refractivity contribution is 9.10. The number of rotatable bonds is 0. The summed E-state index contributed by atoms with van der Waals surface area (Å²) >= 11 is 3.29. The molecule has 0 fully saturated rings.